The molecule has 2 amide bonds. The molecule has 3 aromatic rings. The molecule has 0 spiro atoms. The van der Waals surface area contributed by atoms with Crippen LogP contribution < -0.4 is 10.6 Å². The maximum atomic E-state index is 12.8. The summed E-state index contributed by atoms with van der Waals surface area (Å²) in [5.74, 6) is -1.98. The Morgan fingerprint density at radius 3 is 2.27 bits per heavy atom. The minimum absolute atomic E-state index is 0.0297. The second-order valence-electron chi connectivity index (χ2n) is 10.7. The molecule has 0 saturated carbocycles. The van der Waals surface area contributed by atoms with Crippen LogP contribution >= 0.6 is 0 Å². The molecule has 1 fully saturated rings. The molecule has 0 bridgehead atoms. The second kappa shape index (κ2) is 13.0. The van der Waals surface area contributed by atoms with Gasteiger partial charge in [0.15, 0.2) is 0 Å². The number of carboxylic acids is 1. The number of nitrogens with zero attached hydrogens (tertiary/aromatic N) is 1. The standard InChI is InChI=1S/C32H35N3O6/c1-35(17-21-9-3-2-4-10-21)18-29(31(37)38)34-30(36)22-15-23(40-19-22)16-33-32(39)41-20-28-26-13-7-5-11-24(26)25-12-6-8-14-27(25)28/h2-14,22-23,28-29H,15-20H2,1H3,(H,33,39)(H,34,36)(H,37,38)/t22-,23-,29?/m0/s1. The number of carboxylic acid groups (broad SMARTS) is 1. The van der Waals surface area contributed by atoms with Crippen LogP contribution in [0, 0.1) is 5.92 Å². The number of hydrogen-bond donors (Lipinski definition) is 3. The van der Waals surface area contributed by atoms with E-state index in [1.165, 1.54) is 0 Å². The first-order chi connectivity index (χ1) is 19.9. The highest BCUT2D eigenvalue weighted by molar-refractivity contribution is 5.85. The third-order valence-electron chi connectivity index (χ3n) is 7.67. The Morgan fingerprint density at radius 2 is 1.61 bits per heavy atom. The third kappa shape index (κ3) is 6.93. The minimum atomic E-state index is -1.09. The van der Waals surface area contributed by atoms with Crippen LogP contribution in [0.2, 0.25) is 0 Å². The van der Waals surface area contributed by atoms with Crippen LogP contribution in [0.5, 0.6) is 0 Å². The molecule has 1 heterocycles. The van der Waals surface area contributed by atoms with Crippen molar-refractivity contribution in [2.24, 2.45) is 5.92 Å². The normalized spacial score (nSPS) is 18.4. The Balaban J connectivity index is 1.06. The van der Waals surface area contributed by atoms with E-state index in [9.17, 15) is 19.5 Å². The highest BCUT2D eigenvalue weighted by Crippen LogP contribution is 2.44. The topological polar surface area (TPSA) is 117 Å². The van der Waals surface area contributed by atoms with Crippen molar-refractivity contribution in [1.82, 2.24) is 15.5 Å². The van der Waals surface area contributed by atoms with Crippen LogP contribution in [0.15, 0.2) is 78.9 Å². The van der Waals surface area contributed by atoms with Gasteiger partial charge in [-0.1, -0.05) is 78.9 Å². The van der Waals surface area contributed by atoms with Gasteiger partial charge in [0, 0.05) is 25.6 Å². The Labute approximate surface area is 239 Å². The zero-order valence-electron chi connectivity index (χ0n) is 23.0. The van der Waals surface area contributed by atoms with E-state index >= 15 is 0 Å². The van der Waals surface area contributed by atoms with Crippen LogP contribution in [0.25, 0.3) is 11.1 Å². The highest BCUT2D eigenvalue weighted by Gasteiger charge is 2.34. The summed E-state index contributed by atoms with van der Waals surface area (Å²) in [5.41, 5.74) is 5.66. The average molecular weight is 558 g/mol. The molecule has 2 aliphatic rings. The molecule has 41 heavy (non-hydrogen) atoms. The Hall–Kier alpha value is -4.21. The molecule has 214 valence electrons. The van der Waals surface area contributed by atoms with Crippen LogP contribution in [-0.4, -0.2) is 73.5 Å². The van der Waals surface area contributed by atoms with E-state index in [4.69, 9.17) is 9.47 Å². The molecule has 9 heteroatoms. The molecular weight excluding hydrogens is 522 g/mol. The summed E-state index contributed by atoms with van der Waals surface area (Å²) in [6.07, 6.45) is -0.534. The lowest BCUT2D eigenvalue weighted by atomic mass is 9.98. The van der Waals surface area contributed by atoms with Gasteiger partial charge in [-0.2, -0.15) is 0 Å². The summed E-state index contributed by atoms with van der Waals surface area (Å²) in [4.78, 5) is 39.1. The number of rotatable bonds is 11. The highest BCUT2D eigenvalue weighted by atomic mass is 16.5. The van der Waals surface area contributed by atoms with Gasteiger partial charge >= 0.3 is 12.1 Å². The van der Waals surface area contributed by atoms with Crippen molar-refractivity contribution in [3.63, 3.8) is 0 Å². The number of alkyl carbamates (subject to hydrolysis) is 1. The Kier molecular flexibility index (Phi) is 8.96. The molecule has 1 unspecified atom stereocenters. The molecule has 3 N–H and O–H groups in total. The lowest BCUT2D eigenvalue weighted by Gasteiger charge is -2.23. The number of carbonyl (C=O) groups excluding carboxylic acids is 2. The van der Waals surface area contributed by atoms with Crippen molar-refractivity contribution in [1.29, 1.82) is 0 Å². The number of aliphatic carboxylic acids is 1. The van der Waals surface area contributed by atoms with Gasteiger partial charge in [-0.25, -0.2) is 9.59 Å². The summed E-state index contributed by atoms with van der Waals surface area (Å²) < 4.78 is 11.3. The first-order valence-electron chi connectivity index (χ1n) is 13.8. The number of carbonyl (C=O) groups is 3. The van der Waals surface area contributed by atoms with Crippen molar-refractivity contribution in [3.05, 3.63) is 95.6 Å². The van der Waals surface area contributed by atoms with Crippen LogP contribution in [0.1, 0.15) is 29.0 Å². The smallest absolute Gasteiger partial charge is 0.407 e. The van der Waals surface area contributed by atoms with Crippen LogP contribution in [0.4, 0.5) is 4.79 Å². The molecule has 0 radical (unpaired) electrons. The first-order valence-corrected chi connectivity index (χ1v) is 13.8. The summed E-state index contributed by atoms with van der Waals surface area (Å²) >= 11 is 0. The number of benzene rings is 3. The van der Waals surface area contributed by atoms with Gasteiger partial charge in [-0.05, 0) is 41.3 Å². The average Bonchev–Trinajstić information content (AvgIpc) is 3.58. The van der Waals surface area contributed by atoms with Crippen molar-refractivity contribution < 1.29 is 29.0 Å². The van der Waals surface area contributed by atoms with Gasteiger partial charge in [0.2, 0.25) is 5.91 Å². The Morgan fingerprint density at radius 1 is 0.976 bits per heavy atom. The SMILES string of the molecule is CN(Cc1ccccc1)CC(NC(=O)[C@@H]1CO[C@H](CNC(=O)OCC2c3ccccc3-c3ccccc32)C1)C(=O)O. The maximum Gasteiger partial charge on any atom is 0.407 e. The zero-order chi connectivity index (χ0) is 28.8. The number of ether oxygens (including phenoxy) is 2. The van der Waals surface area contributed by atoms with Crippen molar-refractivity contribution >= 4 is 18.0 Å². The van der Waals surface area contributed by atoms with E-state index in [1.54, 1.807) is 0 Å². The number of hydrogen-bond acceptors (Lipinski definition) is 6. The molecule has 9 nitrogen and oxygen atoms in total. The Bertz CT molecular complexity index is 1340. The fraction of sp³-hybridized carbons (Fsp3) is 0.344. The summed E-state index contributed by atoms with van der Waals surface area (Å²) in [6.45, 7) is 1.30. The lowest BCUT2D eigenvalue weighted by Crippen LogP contribution is -2.49. The molecule has 1 aliphatic carbocycles. The van der Waals surface area contributed by atoms with Gasteiger partial charge in [-0.15, -0.1) is 0 Å². The van der Waals surface area contributed by atoms with E-state index in [0.29, 0.717) is 13.0 Å². The number of likely N-dealkylation sites (N-methyl/N-ethyl adjacent to an activating group) is 1. The molecular formula is C32H35N3O6. The second-order valence-corrected chi connectivity index (χ2v) is 10.7. The van der Waals surface area contributed by atoms with E-state index in [2.05, 4.69) is 34.9 Å². The largest absolute Gasteiger partial charge is 0.480 e. The quantitative estimate of drug-likeness (QED) is 0.330. The molecule has 5 rings (SSSR count). The fourth-order valence-electron chi connectivity index (χ4n) is 5.62. The first kappa shape index (κ1) is 28.3. The zero-order valence-corrected chi connectivity index (χ0v) is 23.0. The third-order valence-corrected chi connectivity index (χ3v) is 7.67. The maximum absolute atomic E-state index is 12.8. The van der Waals surface area contributed by atoms with Gasteiger partial charge in [0.25, 0.3) is 0 Å². The number of fused-ring (bicyclic) bond motifs is 3. The molecule has 1 aliphatic heterocycles. The summed E-state index contributed by atoms with van der Waals surface area (Å²) in [7, 11) is 1.82. The van der Waals surface area contributed by atoms with Crippen molar-refractivity contribution in [2.75, 3.05) is 33.4 Å². The molecule has 1 saturated heterocycles. The van der Waals surface area contributed by atoms with Crippen LogP contribution in [0.3, 0.4) is 0 Å². The summed E-state index contributed by atoms with van der Waals surface area (Å²) in [5, 5.41) is 15.1. The monoisotopic (exact) mass is 557 g/mol. The van der Waals surface area contributed by atoms with Gasteiger partial charge in [-0.3, -0.25) is 9.69 Å². The van der Waals surface area contributed by atoms with E-state index < -0.39 is 24.0 Å². The van der Waals surface area contributed by atoms with E-state index in [1.807, 2.05) is 66.5 Å². The lowest BCUT2D eigenvalue weighted by molar-refractivity contribution is -0.143. The van der Waals surface area contributed by atoms with Crippen LogP contribution in [-0.2, 0) is 25.6 Å². The predicted octanol–water partition coefficient (Wildman–Crippen LogP) is 3.63. The van der Waals surface area contributed by atoms with Gasteiger partial charge < -0.3 is 25.2 Å². The number of nitrogens with one attached hydrogen (secondary N) is 2. The van der Waals surface area contributed by atoms with E-state index in [-0.39, 0.29) is 44.2 Å². The van der Waals surface area contributed by atoms with Gasteiger partial charge in [0.1, 0.15) is 12.6 Å². The van der Waals surface area contributed by atoms with Crippen molar-refractivity contribution in [2.45, 2.75) is 31.0 Å². The predicted molar refractivity (Wildman–Crippen MR) is 153 cm³/mol. The van der Waals surface area contributed by atoms with E-state index in [0.717, 1.165) is 27.8 Å². The van der Waals surface area contributed by atoms with Gasteiger partial charge in [0.05, 0.1) is 18.6 Å². The molecule has 0 aromatic heterocycles. The number of amides is 2. The fourth-order valence-corrected chi connectivity index (χ4v) is 5.62. The minimum Gasteiger partial charge on any atom is -0.480 e. The molecule has 3 atom stereocenters. The molecule has 3 aromatic carbocycles. The summed E-state index contributed by atoms with van der Waals surface area (Å²) in [6, 6.07) is 25.0. The van der Waals surface area contributed by atoms with Crippen molar-refractivity contribution in [3.8, 4) is 11.1 Å².